The van der Waals surface area contributed by atoms with Crippen LogP contribution in [0.25, 0.3) is 0 Å². The van der Waals surface area contributed by atoms with Crippen LogP contribution in [-0.4, -0.2) is 16.2 Å². The van der Waals surface area contributed by atoms with E-state index in [4.69, 9.17) is 5.73 Å². The van der Waals surface area contributed by atoms with E-state index in [0.717, 1.165) is 4.47 Å². The summed E-state index contributed by atoms with van der Waals surface area (Å²) in [6.07, 6.45) is 1.07. The van der Waals surface area contributed by atoms with Gasteiger partial charge in [-0.15, -0.1) is 0 Å². The third-order valence-electron chi connectivity index (χ3n) is 1.62. The van der Waals surface area contributed by atoms with Crippen LogP contribution in [0.3, 0.4) is 0 Å². The van der Waals surface area contributed by atoms with Crippen molar-refractivity contribution in [2.24, 2.45) is 5.73 Å². The van der Waals surface area contributed by atoms with Gasteiger partial charge < -0.3 is 10.8 Å². The van der Waals surface area contributed by atoms with Gasteiger partial charge in [-0.25, -0.2) is 0 Å². The molecule has 0 saturated heterocycles. The summed E-state index contributed by atoms with van der Waals surface area (Å²) < 4.78 is 0.832. The molecule has 0 amide bonds. The maximum absolute atomic E-state index is 9.21. The predicted octanol–water partition coefficient (Wildman–Crippen LogP) is 1.22. The van der Waals surface area contributed by atoms with Gasteiger partial charge in [-0.1, -0.05) is 0 Å². The van der Waals surface area contributed by atoms with Crippen LogP contribution in [0.4, 0.5) is 0 Å². The molecule has 0 aliphatic heterocycles. The smallest absolute Gasteiger partial charge is 0.0742 e. The summed E-state index contributed by atoms with van der Waals surface area (Å²) in [5.74, 6) is 0. The first-order chi connectivity index (χ1) is 5.63. The minimum Gasteiger partial charge on any atom is -0.391 e. The number of nitrogens with two attached hydrogens (primary N) is 1. The molecule has 3 nitrogen and oxygen atoms in total. The van der Waals surface area contributed by atoms with Crippen LogP contribution in [0.1, 0.15) is 18.7 Å². The summed E-state index contributed by atoms with van der Waals surface area (Å²) in [7, 11) is 0. The molecule has 2 atom stereocenters. The van der Waals surface area contributed by atoms with Gasteiger partial charge in [0, 0.05) is 10.7 Å². The summed E-state index contributed by atoms with van der Waals surface area (Å²) in [6, 6.07) is 3.23. The van der Waals surface area contributed by atoms with E-state index >= 15 is 0 Å². The molecule has 0 fully saturated rings. The first-order valence-corrected chi connectivity index (χ1v) is 4.46. The Morgan fingerprint density at radius 2 is 2.33 bits per heavy atom. The summed E-state index contributed by atoms with van der Waals surface area (Å²) >= 11 is 3.31. The molecular formula is C8H11BrN2O. The van der Waals surface area contributed by atoms with Crippen molar-refractivity contribution in [2.75, 3.05) is 0 Å². The summed E-state index contributed by atoms with van der Waals surface area (Å²) in [5, 5.41) is 9.21. The Morgan fingerprint density at radius 3 is 2.83 bits per heavy atom. The van der Waals surface area contributed by atoms with Crippen molar-refractivity contribution in [2.45, 2.75) is 19.1 Å². The van der Waals surface area contributed by atoms with E-state index in [0.29, 0.717) is 5.69 Å². The van der Waals surface area contributed by atoms with E-state index in [1.807, 2.05) is 12.1 Å². The SMILES string of the molecule is C[C@@H](O)[C@@H](N)c1ncccc1Br. The van der Waals surface area contributed by atoms with Gasteiger partial charge in [-0.2, -0.15) is 0 Å². The molecular weight excluding hydrogens is 220 g/mol. The largest absolute Gasteiger partial charge is 0.391 e. The summed E-state index contributed by atoms with van der Waals surface area (Å²) in [6.45, 7) is 1.64. The van der Waals surface area contributed by atoms with Crippen molar-refractivity contribution >= 4 is 15.9 Å². The fourth-order valence-corrected chi connectivity index (χ4v) is 1.39. The molecule has 0 bridgehead atoms. The highest BCUT2D eigenvalue weighted by atomic mass is 79.9. The molecule has 3 N–H and O–H groups in total. The van der Waals surface area contributed by atoms with Crippen LogP contribution in [-0.2, 0) is 0 Å². The second kappa shape index (κ2) is 3.98. The van der Waals surface area contributed by atoms with E-state index in [1.165, 1.54) is 0 Å². The van der Waals surface area contributed by atoms with Gasteiger partial charge in [-0.3, -0.25) is 4.98 Å². The van der Waals surface area contributed by atoms with Gasteiger partial charge in [0.1, 0.15) is 0 Å². The van der Waals surface area contributed by atoms with Gasteiger partial charge in [0.25, 0.3) is 0 Å². The number of nitrogens with zero attached hydrogens (tertiary/aromatic N) is 1. The van der Waals surface area contributed by atoms with Crippen LogP contribution in [0.2, 0.25) is 0 Å². The van der Waals surface area contributed by atoms with Crippen molar-refractivity contribution < 1.29 is 5.11 Å². The molecule has 66 valence electrons. The Labute approximate surface area is 79.7 Å². The van der Waals surface area contributed by atoms with Gasteiger partial charge in [0.2, 0.25) is 0 Å². The molecule has 0 unspecified atom stereocenters. The van der Waals surface area contributed by atoms with Gasteiger partial charge in [-0.05, 0) is 35.0 Å². The Hall–Kier alpha value is -0.450. The van der Waals surface area contributed by atoms with Crippen LogP contribution >= 0.6 is 15.9 Å². The van der Waals surface area contributed by atoms with Gasteiger partial charge >= 0.3 is 0 Å². The van der Waals surface area contributed by atoms with Crippen molar-refractivity contribution in [1.82, 2.24) is 4.98 Å². The molecule has 1 rings (SSSR count). The number of aromatic nitrogens is 1. The van der Waals surface area contributed by atoms with Gasteiger partial charge in [0.05, 0.1) is 17.8 Å². The summed E-state index contributed by atoms with van der Waals surface area (Å²) in [4.78, 5) is 4.07. The number of aliphatic hydroxyl groups is 1. The Kier molecular flexibility index (Phi) is 3.20. The molecule has 0 radical (unpaired) electrons. The molecule has 0 spiro atoms. The molecule has 12 heavy (non-hydrogen) atoms. The topological polar surface area (TPSA) is 59.1 Å². The predicted molar refractivity (Wildman–Crippen MR) is 50.5 cm³/mol. The zero-order valence-electron chi connectivity index (χ0n) is 6.74. The van der Waals surface area contributed by atoms with E-state index in [1.54, 1.807) is 13.1 Å². The highest BCUT2D eigenvalue weighted by Gasteiger charge is 2.15. The first-order valence-electron chi connectivity index (χ1n) is 3.67. The minimum absolute atomic E-state index is 0.430. The fraction of sp³-hybridized carbons (Fsp3) is 0.375. The third-order valence-corrected chi connectivity index (χ3v) is 2.29. The maximum Gasteiger partial charge on any atom is 0.0742 e. The number of hydrogen-bond donors (Lipinski definition) is 2. The molecule has 0 aliphatic carbocycles. The molecule has 0 saturated carbocycles. The molecule has 4 heteroatoms. The fourth-order valence-electron chi connectivity index (χ4n) is 0.872. The molecule has 0 aliphatic rings. The monoisotopic (exact) mass is 230 g/mol. The second-order valence-electron chi connectivity index (χ2n) is 2.64. The first kappa shape index (κ1) is 9.64. The third kappa shape index (κ3) is 2.03. The standard InChI is InChI=1S/C8H11BrN2O/c1-5(12)7(10)8-6(9)3-2-4-11-8/h2-5,7,12H,10H2,1H3/t5-,7-/m1/s1. The van der Waals surface area contributed by atoms with Crippen LogP contribution in [0.15, 0.2) is 22.8 Å². The molecule has 1 heterocycles. The van der Waals surface area contributed by atoms with E-state index < -0.39 is 12.1 Å². The van der Waals surface area contributed by atoms with Crippen molar-refractivity contribution in [3.63, 3.8) is 0 Å². The maximum atomic E-state index is 9.21. The number of pyridine rings is 1. The Balaban J connectivity index is 2.94. The lowest BCUT2D eigenvalue weighted by molar-refractivity contribution is 0.162. The Morgan fingerprint density at radius 1 is 1.67 bits per heavy atom. The highest BCUT2D eigenvalue weighted by Crippen LogP contribution is 2.20. The van der Waals surface area contributed by atoms with Gasteiger partial charge in [0.15, 0.2) is 0 Å². The van der Waals surface area contributed by atoms with Crippen molar-refractivity contribution in [3.05, 3.63) is 28.5 Å². The quantitative estimate of drug-likeness (QED) is 0.804. The van der Waals surface area contributed by atoms with Crippen molar-refractivity contribution in [3.8, 4) is 0 Å². The lowest BCUT2D eigenvalue weighted by atomic mass is 10.1. The highest BCUT2D eigenvalue weighted by molar-refractivity contribution is 9.10. The number of aliphatic hydroxyl groups excluding tert-OH is 1. The van der Waals surface area contributed by atoms with E-state index in [9.17, 15) is 5.11 Å². The molecule has 0 aromatic carbocycles. The molecule has 1 aromatic heterocycles. The second-order valence-corrected chi connectivity index (χ2v) is 3.49. The van der Waals surface area contributed by atoms with E-state index in [2.05, 4.69) is 20.9 Å². The number of rotatable bonds is 2. The zero-order valence-corrected chi connectivity index (χ0v) is 8.32. The average Bonchev–Trinajstić information content (AvgIpc) is 2.04. The lowest BCUT2D eigenvalue weighted by Gasteiger charge is -2.14. The summed E-state index contributed by atoms with van der Waals surface area (Å²) in [5.41, 5.74) is 6.38. The van der Waals surface area contributed by atoms with Crippen molar-refractivity contribution in [1.29, 1.82) is 0 Å². The zero-order chi connectivity index (χ0) is 9.14. The molecule has 1 aromatic rings. The van der Waals surface area contributed by atoms with Crippen LogP contribution in [0, 0.1) is 0 Å². The van der Waals surface area contributed by atoms with Crippen LogP contribution < -0.4 is 5.73 Å². The number of hydrogen-bond acceptors (Lipinski definition) is 3. The number of halogens is 1. The van der Waals surface area contributed by atoms with E-state index in [-0.39, 0.29) is 0 Å². The average molecular weight is 231 g/mol. The Bertz CT molecular complexity index is 265. The normalized spacial score (nSPS) is 15.7. The van der Waals surface area contributed by atoms with Crippen LogP contribution in [0.5, 0.6) is 0 Å². The lowest BCUT2D eigenvalue weighted by Crippen LogP contribution is -2.24. The minimum atomic E-state index is -0.587.